The Morgan fingerprint density at radius 3 is 2.61 bits per heavy atom. The van der Waals surface area contributed by atoms with Crippen LogP contribution in [0.5, 0.6) is 0 Å². The molecule has 1 aromatic heterocycles. The van der Waals surface area contributed by atoms with E-state index < -0.39 is 17.9 Å². The summed E-state index contributed by atoms with van der Waals surface area (Å²) in [5.41, 5.74) is 1.32. The highest BCUT2D eigenvalue weighted by molar-refractivity contribution is 7.80. The predicted molar refractivity (Wildman–Crippen MR) is 132 cm³/mol. The third-order valence-corrected chi connectivity index (χ3v) is 6.54. The summed E-state index contributed by atoms with van der Waals surface area (Å²) >= 11 is 12.4. The summed E-state index contributed by atoms with van der Waals surface area (Å²) in [6, 6.07) is 5.45. The van der Waals surface area contributed by atoms with E-state index in [0.717, 1.165) is 30.1 Å². The number of rotatable bonds is 6. The molecule has 1 aliphatic heterocycles. The molecule has 9 nitrogen and oxygen atoms in total. The zero-order chi connectivity index (χ0) is 24.1. The lowest BCUT2D eigenvalue weighted by molar-refractivity contribution is -0.130. The van der Waals surface area contributed by atoms with Crippen LogP contribution in [0.4, 0.5) is 0 Å². The van der Waals surface area contributed by atoms with E-state index in [0.29, 0.717) is 15.6 Å². The molecular formula is C21H25ClN6O3S2. The number of fused-ring (bicyclic) bond motifs is 1. The van der Waals surface area contributed by atoms with Crippen molar-refractivity contribution in [3.05, 3.63) is 50.4 Å². The Morgan fingerprint density at radius 1 is 1.24 bits per heavy atom. The molecular weight excluding hydrogens is 484 g/mol. The van der Waals surface area contributed by atoms with E-state index in [2.05, 4.69) is 25.8 Å². The molecule has 3 amide bonds. The third kappa shape index (κ3) is 6.70. The lowest BCUT2D eigenvalue weighted by Crippen LogP contribution is -2.53. The van der Waals surface area contributed by atoms with Gasteiger partial charge in [-0.15, -0.1) is 11.3 Å². The molecule has 0 saturated carbocycles. The molecule has 3 rings (SSSR count). The average molecular weight is 509 g/mol. The molecule has 33 heavy (non-hydrogen) atoms. The first-order valence-corrected chi connectivity index (χ1v) is 11.8. The van der Waals surface area contributed by atoms with Crippen molar-refractivity contribution in [3.63, 3.8) is 0 Å². The van der Waals surface area contributed by atoms with Crippen molar-refractivity contribution in [2.45, 2.75) is 19.0 Å². The van der Waals surface area contributed by atoms with Gasteiger partial charge in [0, 0.05) is 55.6 Å². The van der Waals surface area contributed by atoms with Crippen molar-refractivity contribution in [3.8, 4) is 0 Å². The Hall–Kier alpha value is -2.60. The van der Waals surface area contributed by atoms with Crippen LogP contribution in [-0.2, 0) is 17.8 Å². The number of thiazole rings is 1. The molecule has 0 aliphatic carbocycles. The molecule has 1 unspecified atom stereocenters. The highest BCUT2D eigenvalue weighted by atomic mass is 35.5. The molecule has 2 heterocycles. The molecule has 1 atom stereocenters. The molecule has 0 saturated heterocycles. The fraction of sp³-hybridized carbons (Fsp3) is 0.381. The van der Waals surface area contributed by atoms with E-state index >= 15 is 0 Å². The molecule has 1 aliphatic rings. The van der Waals surface area contributed by atoms with E-state index in [9.17, 15) is 14.4 Å². The Bertz CT molecular complexity index is 1060. The van der Waals surface area contributed by atoms with E-state index in [1.807, 2.05) is 7.05 Å². The molecule has 0 radical (unpaired) electrons. The van der Waals surface area contributed by atoms with E-state index in [-0.39, 0.29) is 17.6 Å². The third-order valence-electron chi connectivity index (χ3n) is 4.96. The summed E-state index contributed by atoms with van der Waals surface area (Å²) in [6.45, 7) is 1.64. The monoisotopic (exact) mass is 508 g/mol. The summed E-state index contributed by atoms with van der Waals surface area (Å²) < 4.78 is 0. The van der Waals surface area contributed by atoms with Gasteiger partial charge >= 0.3 is 0 Å². The minimum atomic E-state index is -0.901. The van der Waals surface area contributed by atoms with Gasteiger partial charge in [0.2, 0.25) is 5.91 Å². The second-order valence-electron chi connectivity index (χ2n) is 7.81. The zero-order valence-electron chi connectivity index (χ0n) is 18.5. The van der Waals surface area contributed by atoms with Crippen LogP contribution in [0, 0.1) is 0 Å². The molecule has 0 spiro atoms. The Balaban J connectivity index is 1.61. The number of nitrogens with zero attached hydrogens (tertiary/aromatic N) is 3. The maximum absolute atomic E-state index is 12.8. The van der Waals surface area contributed by atoms with Crippen molar-refractivity contribution >= 4 is 58.0 Å². The summed E-state index contributed by atoms with van der Waals surface area (Å²) in [7, 11) is 5.22. The topological polar surface area (TPSA) is 107 Å². The normalized spacial score (nSPS) is 14.1. The van der Waals surface area contributed by atoms with Gasteiger partial charge in [0.15, 0.2) is 10.1 Å². The van der Waals surface area contributed by atoms with Gasteiger partial charge in [-0.25, -0.2) is 4.98 Å². The van der Waals surface area contributed by atoms with Crippen LogP contribution in [0.1, 0.15) is 30.7 Å². The number of carbonyl (C=O) groups is 3. The number of nitrogens with one attached hydrogen (secondary N) is 3. The van der Waals surface area contributed by atoms with Crippen LogP contribution in [-0.4, -0.2) is 77.9 Å². The second-order valence-corrected chi connectivity index (χ2v) is 9.73. The van der Waals surface area contributed by atoms with Crippen LogP contribution < -0.4 is 16.0 Å². The number of likely N-dealkylation sites (N-methyl/N-ethyl adjacent to an activating group) is 2. The van der Waals surface area contributed by atoms with Crippen LogP contribution in [0.2, 0.25) is 5.02 Å². The highest BCUT2D eigenvalue weighted by Gasteiger charge is 2.27. The molecule has 1 aromatic carbocycles. The maximum Gasteiger partial charge on any atom is 0.280 e. The average Bonchev–Trinajstić information content (AvgIpc) is 3.19. The molecule has 0 fully saturated rings. The first-order chi connectivity index (χ1) is 15.6. The second kappa shape index (κ2) is 11.0. The van der Waals surface area contributed by atoms with Crippen LogP contribution in [0.15, 0.2) is 24.3 Å². The van der Waals surface area contributed by atoms with Gasteiger partial charge in [0.25, 0.3) is 11.8 Å². The predicted octanol–water partition coefficient (Wildman–Crippen LogP) is 1.28. The lowest BCUT2D eigenvalue weighted by atomic mass is 10.2. The maximum atomic E-state index is 12.8. The quantitative estimate of drug-likeness (QED) is 0.504. The summed E-state index contributed by atoms with van der Waals surface area (Å²) in [4.78, 5) is 46.8. The van der Waals surface area contributed by atoms with Crippen molar-refractivity contribution in [1.82, 2.24) is 30.7 Å². The number of benzene rings is 1. The van der Waals surface area contributed by atoms with Crippen molar-refractivity contribution in [1.29, 1.82) is 0 Å². The summed E-state index contributed by atoms with van der Waals surface area (Å²) in [5.74, 6) is -1.15. The zero-order valence-corrected chi connectivity index (χ0v) is 20.9. The first-order valence-electron chi connectivity index (χ1n) is 10.2. The molecule has 0 bridgehead atoms. The minimum Gasteiger partial charge on any atom is -0.360 e. The largest absolute Gasteiger partial charge is 0.360 e. The SMILES string of the molecule is CN1CCc2nc(C(=O)NC(CNC(=S)NC(=O)c3ccc(Cl)cc3)C(=O)N(C)C)sc2C1. The van der Waals surface area contributed by atoms with Gasteiger partial charge in [-0.3, -0.25) is 19.7 Å². The number of halogens is 1. The lowest BCUT2D eigenvalue weighted by Gasteiger charge is -2.22. The minimum absolute atomic E-state index is 0.00366. The van der Waals surface area contributed by atoms with E-state index in [1.54, 1.807) is 38.4 Å². The molecule has 12 heteroatoms. The van der Waals surface area contributed by atoms with Gasteiger partial charge in [-0.2, -0.15) is 0 Å². The first kappa shape index (κ1) is 25.0. The molecule has 2 aromatic rings. The smallest absolute Gasteiger partial charge is 0.280 e. The van der Waals surface area contributed by atoms with E-state index in [1.165, 1.54) is 16.2 Å². The van der Waals surface area contributed by atoms with Gasteiger partial charge in [0.05, 0.1) is 5.69 Å². The number of carbonyl (C=O) groups excluding carboxylic acids is 3. The Labute approximate surface area is 206 Å². The van der Waals surface area contributed by atoms with Crippen molar-refractivity contribution < 1.29 is 14.4 Å². The Morgan fingerprint density at radius 2 is 1.94 bits per heavy atom. The van der Waals surface area contributed by atoms with Crippen LogP contribution in [0.3, 0.4) is 0 Å². The van der Waals surface area contributed by atoms with Crippen molar-refractivity contribution in [2.75, 3.05) is 34.2 Å². The fourth-order valence-corrected chi connectivity index (χ4v) is 4.56. The van der Waals surface area contributed by atoms with Gasteiger partial charge in [-0.05, 0) is 43.5 Å². The van der Waals surface area contributed by atoms with Crippen molar-refractivity contribution in [2.24, 2.45) is 0 Å². The highest BCUT2D eigenvalue weighted by Crippen LogP contribution is 2.24. The molecule has 176 valence electrons. The van der Waals surface area contributed by atoms with Gasteiger partial charge in [-0.1, -0.05) is 11.6 Å². The van der Waals surface area contributed by atoms with Crippen LogP contribution in [0.25, 0.3) is 0 Å². The number of aromatic nitrogens is 1. The van der Waals surface area contributed by atoms with Crippen LogP contribution >= 0.6 is 35.2 Å². The number of hydrogen-bond donors (Lipinski definition) is 3. The van der Waals surface area contributed by atoms with E-state index in [4.69, 9.17) is 23.8 Å². The molecule has 3 N–H and O–H groups in total. The summed E-state index contributed by atoms with van der Waals surface area (Å²) in [5, 5.41) is 8.99. The van der Waals surface area contributed by atoms with Gasteiger partial charge in [0.1, 0.15) is 6.04 Å². The standard InChI is InChI=1S/C21H25ClN6O3S2/c1-27(2)20(31)15(10-23-21(32)26-17(29)12-4-6-13(22)7-5-12)24-18(30)19-25-14-8-9-28(3)11-16(14)33-19/h4-7,15H,8-11H2,1-3H3,(H,24,30)(H2,23,26,29,32). The summed E-state index contributed by atoms with van der Waals surface area (Å²) in [6.07, 6.45) is 0.790. The number of thiocarbonyl (C=S) groups is 1. The fourth-order valence-electron chi connectivity index (χ4n) is 3.17. The van der Waals surface area contributed by atoms with Gasteiger partial charge < -0.3 is 20.4 Å². The number of hydrogen-bond acceptors (Lipinski definition) is 7. The number of amides is 3. The Kier molecular flexibility index (Phi) is 8.35.